The van der Waals surface area contributed by atoms with Crippen molar-refractivity contribution in [2.75, 3.05) is 43.9 Å². The van der Waals surface area contributed by atoms with Crippen molar-refractivity contribution < 1.29 is 22.7 Å². The Hall–Kier alpha value is -4.51. The van der Waals surface area contributed by atoms with Crippen LogP contribution in [0, 0.1) is 0 Å². The van der Waals surface area contributed by atoms with E-state index in [1.807, 2.05) is 82.1 Å². The maximum Gasteiger partial charge on any atom is 0.285 e. The predicted molar refractivity (Wildman–Crippen MR) is 153 cm³/mol. The zero-order valence-corrected chi connectivity index (χ0v) is 23.0. The van der Waals surface area contributed by atoms with Gasteiger partial charge in [0, 0.05) is 31.7 Å². The molecule has 0 spiro atoms. The van der Waals surface area contributed by atoms with E-state index in [1.165, 1.54) is 6.07 Å². The normalized spacial score (nSPS) is 13.8. The van der Waals surface area contributed by atoms with Crippen molar-refractivity contribution >= 4 is 38.4 Å². The molecule has 206 valence electrons. The summed E-state index contributed by atoms with van der Waals surface area (Å²) in [5, 5.41) is 9.84. The van der Waals surface area contributed by atoms with Gasteiger partial charge in [0.1, 0.15) is 5.75 Å². The Balaban J connectivity index is 1.31. The van der Waals surface area contributed by atoms with Gasteiger partial charge in [-0.1, -0.05) is 42.5 Å². The number of ether oxygens (including phenoxy) is 1. The highest BCUT2D eigenvalue weighted by Gasteiger charge is 2.25. The number of nitrogens with zero attached hydrogens (tertiary/aromatic N) is 4. The average Bonchev–Trinajstić information content (AvgIpc) is 2.96. The van der Waals surface area contributed by atoms with Crippen molar-refractivity contribution in [3.8, 4) is 16.9 Å². The van der Waals surface area contributed by atoms with Crippen LogP contribution in [0.2, 0.25) is 0 Å². The number of nitrogens with one attached hydrogen (secondary N) is 1. The van der Waals surface area contributed by atoms with Gasteiger partial charge in [-0.05, 0) is 59.2 Å². The molecular weight excluding hydrogens is 530 g/mol. The number of carbonyl (C=O) groups is 2. The summed E-state index contributed by atoms with van der Waals surface area (Å²) in [6.07, 6.45) is 0.895. The number of amides is 2. The van der Waals surface area contributed by atoms with E-state index in [-0.39, 0.29) is 11.6 Å². The topological polar surface area (TPSA) is 122 Å². The van der Waals surface area contributed by atoms with Crippen LogP contribution in [0.25, 0.3) is 21.9 Å². The molecular formula is C29H29N5O5S. The van der Waals surface area contributed by atoms with E-state index < -0.39 is 15.9 Å². The van der Waals surface area contributed by atoms with E-state index in [0.29, 0.717) is 44.2 Å². The molecule has 1 aromatic heterocycles. The number of anilines is 1. The third-order valence-electron chi connectivity index (χ3n) is 6.66. The van der Waals surface area contributed by atoms with Gasteiger partial charge in [0.25, 0.3) is 11.8 Å². The lowest BCUT2D eigenvalue weighted by Crippen LogP contribution is -2.49. The standard InChI is InChI=1S/C29H29N5O5S/c1-3-39-21-8-6-7-20(19-21)22-11-12-25(24-10-5-4-9-23(22)24)29(36)34-17-15-33(16-18-34)27-14-13-26(30-31-27)28(35)32-40(2,37)38/h4-14,19H,3,15-18H2,1-2H3,(H,32,35). The fourth-order valence-electron chi connectivity index (χ4n) is 4.80. The van der Waals surface area contributed by atoms with Crippen LogP contribution in [-0.4, -0.2) is 74.4 Å². The van der Waals surface area contributed by atoms with Crippen LogP contribution >= 0.6 is 0 Å². The van der Waals surface area contributed by atoms with Crippen LogP contribution in [0.5, 0.6) is 5.75 Å². The second-order valence-corrected chi connectivity index (χ2v) is 11.2. The lowest BCUT2D eigenvalue weighted by atomic mass is 9.94. The van der Waals surface area contributed by atoms with E-state index in [2.05, 4.69) is 10.2 Å². The highest BCUT2D eigenvalue weighted by atomic mass is 32.2. The molecule has 1 N–H and O–H groups in total. The number of benzene rings is 3. The molecule has 1 fully saturated rings. The zero-order valence-electron chi connectivity index (χ0n) is 22.2. The van der Waals surface area contributed by atoms with Gasteiger partial charge in [0.15, 0.2) is 11.5 Å². The number of piperazine rings is 1. The number of rotatable bonds is 7. The molecule has 0 unspecified atom stereocenters. The Bertz CT molecular complexity index is 1670. The second kappa shape index (κ2) is 11.3. The zero-order chi connectivity index (χ0) is 28.3. The first-order chi connectivity index (χ1) is 19.2. The van der Waals surface area contributed by atoms with Crippen molar-refractivity contribution in [3.63, 3.8) is 0 Å². The van der Waals surface area contributed by atoms with E-state index in [4.69, 9.17) is 4.74 Å². The summed E-state index contributed by atoms with van der Waals surface area (Å²) in [6.45, 7) is 4.60. The van der Waals surface area contributed by atoms with Gasteiger partial charge in [0.2, 0.25) is 10.0 Å². The molecule has 0 atom stereocenters. The number of hydrogen-bond donors (Lipinski definition) is 1. The van der Waals surface area contributed by atoms with Crippen molar-refractivity contribution in [1.82, 2.24) is 19.8 Å². The molecule has 5 rings (SSSR count). The minimum atomic E-state index is -3.69. The van der Waals surface area contributed by atoms with E-state index >= 15 is 0 Å². The molecule has 1 aliphatic rings. The number of sulfonamides is 1. The Morgan fingerprint density at radius 3 is 2.33 bits per heavy atom. The van der Waals surface area contributed by atoms with Crippen molar-refractivity contribution in [2.45, 2.75) is 6.92 Å². The molecule has 4 aromatic rings. The molecule has 0 radical (unpaired) electrons. The molecule has 1 aliphatic heterocycles. The van der Waals surface area contributed by atoms with Crippen LogP contribution < -0.4 is 14.4 Å². The van der Waals surface area contributed by atoms with Crippen LogP contribution in [0.15, 0.2) is 72.8 Å². The number of aromatic nitrogens is 2. The Labute approximate surface area is 232 Å². The summed E-state index contributed by atoms with van der Waals surface area (Å²) < 4.78 is 30.1. The largest absolute Gasteiger partial charge is 0.494 e. The van der Waals surface area contributed by atoms with Gasteiger partial charge in [-0.15, -0.1) is 10.2 Å². The third-order valence-corrected chi connectivity index (χ3v) is 7.22. The van der Waals surface area contributed by atoms with Crippen LogP contribution in [0.3, 0.4) is 0 Å². The first-order valence-corrected chi connectivity index (χ1v) is 14.8. The van der Waals surface area contributed by atoms with Gasteiger partial charge in [-0.25, -0.2) is 13.1 Å². The Morgan fingerprint density at radius 1 is 0.900 bits per heavy atom. The lowest BCUT2D eigenvalue weighted by Gasteiger charge is -2.35. The smallest absolute Gasteiger partial charge is 0.285 e. The molecule has 2 heterocycles. The quantitative estimate of drug-likeness (QED) is 0.366. The Kier molecular flexibility index (Phi) is 7.65. The molecule has 3 aromatic carbocycles. The molecule has 2 amide bonds. The fraction of sp³-hybridized carbons (Fsp3) is 0.241. The summed E-state index contributed by atoms with van der Waals surface area (Å²) in [5.41, 5.74) is 2.61. The van der Waals surface area contributed by atoms with Crippen molar-refractivity contribution in [2.24, 2.45) is 0 Å². The second-order valence-electron chi connectivity index (χ2n) is 9.43. The summed E-state index contributed by atoms with van der Waals surface area (Å²) in [7, 11) is -3.69. The van der Waals surface area contributed by atoms with Crippen LogP contribution in [0.1, 0.15) is 27.8 Å². The van der Waals surface area contributed by atoms with E-state index in [0.717, 1.165) is 33.9 Å². The van der Waals surface area contributed by atoms with Gasteiger partial charge in [-0.3, -0.25) is 9.59 Å². The van der Waals surface area contributed by atoms with E-state index in [1.54, 1.807) is 6.07 Å². The molecule has 0 saturated carbocycles. The average molecular weight is 560 g/mol. The lowest BCUT2D eigenvalue weighted by molar-refractivity contribution is 0.0748. The fourth-order valence-corrected chi connectivity index (χ4v) is 5.24. The summed E-state index contributed by atoms with van der Waals surface area (Å²) in [4.78, 5) is 29.4. The highest BCUT2D eigenvalue weighted by Crippen LogP contribution is 2.33. The molecule has 10 nitrogen and oxygen atoms in total. The summed E-state index contributed by atoms with van der Waals surface area (Å²) in [6, 6.07) is 22.8. The van der Waals surface area contributed by atoms with Crippen LogP contribution in [0.4, 0.5) is 5.82 Å². The van der Waals surface area contributed by atoms with E-state index in [9.17, 15) is 18.0 Å². The minimum absolute atomic E-state index is 0.0376. The maximum absolute atomic E-state index is 13.6. The number of fused-ring (bicyclic) bond motifs is 1. The van der Waals surface area contributed by atoms with Gasteiger partial charge in [0.05, 0.1) is 12.9 Å². The maximum atomic E-state index is 13.6. The first-order valence-electron chi connectivity index (χ1n) is 12.9. The van der Waals surface area contributed by atoms with Crippen molar-refractivity contribution in [1.29, 1.82) is 0 Å². The minimum Gasteiger partial charge on any atom is -0.494 e. The van der Waals surface area contributed by atoms with Gasteiger partial charge >= 0.3 is 0 Å². The predicted octanol–water partition coefficient (Wildman–Crippen LogP) is 3.35. The van der Waals surface area contributed by atoms with Gasteiger partial charge in [-0.2, -0.15) is 0 Å². The van der Waals surface area contributed by atoms with Gasteiger partial charge < -0.3 is 14.5 Å². The van der Waals surface area contributed by atoms with Crippen LogP contribution in [-0.2, 0) is 10.0 Å². The number of hydrogen-bond acceptors (Lipinski definition) is 8. The monoisotopic (exact) mass is 559 g/mol. The molecule has 1 saturated heterocycles. The third kappa shape index (κ3) is 5.89. The highest BCUT2D eigenvalue weighted by molar-refractivity contribution is 7.89. The molecule has 0 bridgehead atoms. The summed E-state index contributed by atoms with van der Waals surface area (Å²) in [5.74, 6) is 0.479. The molecule has 11 heteroatoms. The molecule has 0 aliphatic carbocycles. The first kappa shape index (κ1) is 27.1. The molecule has 40 heavy (non-hydrogen) atoms. The summed E-state index contributed by atoms with van der Waals surface area (Å²) >= 11 is 0. The number of carbonyl (C=O) groups excluding carboxylic acids is 2. The Morgan fingerprint density at radius 2 is 1.65 bits per heavy atom. The SMILES string of the molecule is CCOc1cccc(-c2ccc(C(=O)N3CCN(c4ccc(C(=O)NS(C)(=O)=O)nn4)CC3)c3ccccc23)c1. The van der Waals surface area contributed by atoms with Crippen molar-refractivity contribution in [3.05, 3.63) is 84.1 Å².